The topological polar surface area (TPSA) is 0 Å². The van der Waals surface area contributed by atoms with E-state index in [0.29, 0.717) is 11.8 Å². The second-order valence-electron chi connectivity index (χ2n) is 3.94. The van der Waals surface area contributed by atoms with Crippen molar-refractivity contribution >= 4 is 0 Å². The average Bonchev–Trinajstić information content (AvgIpc) is 2.82. The molecule has 0 N–H and O–H groups in total. The fourth-order valence-electron chi connectivity index (χ4n) is 1.73. The molecule has 0 saturated heterocycles. The van der Waals surface area contributed by atoms with Gasteiger partial charge in [-0.15, -0.1) is 0 Å². The van der Waals surface area contributed by atoms with Crippen LogP contribution in [-0.2, 0) is 6.18 Å². The van der Waals surface area contributed by atoms with Crippen LogP contribution in [0.2, 0.25) is 0 Å². The van der Waals surface area contributed by atoms with Crippen molar-refractivity contribution in [2.75, 3.05) is 0 Å². The van der Waals surface area contributed by atoms with Gasteiger partial charge >= 0.3 is 6.18 Å². The van der Waals surface area contributed by atoms with E-state index >= 15 is 0 Å². The van der Waals surface area contributed by atoms with Crippen LogP contribution in [0.15, 0.2) is 24.3 Å². The van der Waals surface area contributed by atoms with Gasteiger partial charge < -0.3 is 0 Å². The Hall–Kier alpha value is -0.990. The molecule has 2 rings (SSSR count). The Bertz CT molecular complexity index is 341. The molecule has 0 amide bonds. The molecule has 1 aliphatic rings. The van der Waals surface area contributed by atoms with Crippen molar-refractivity contribution in [2.24, 2.45) is 5.92 Å². The highest BCUT2D eigenvalue weighted by Gasteiger charge is 2.36. The van der Waals surface area contributed by atoms with Crippen molar-refractivity contribution in [2.45, 2.75) is 25.4 Å². The van der Waals surface area contributed by atoms with Gasteiger partial charge in [0, 0.05) is 0 Å². The maximum Gasteiger partial charge on any atom is 0.416 e. The van der Waals surface area contributed by atoms with Gasteiger partial charge in [-0.05, 0) is 29.9 Å². The number of benzene rings is 1. The Morgan fingerprint density at radius 2 is 1.93 bits per heavy atom. The summed E-state index contributed by atoms with van der Waals surface area (Å²) in [7, 11) is 0. The molecule has 1 saturated carbocycles. The van der Waals surface area contributed by atoms with Crippen molar-refractivity contribution in [3.8, 4) is 0 Å². The normalized spacial score (nSPS) is 26.3. The van der Waals surface area contributed by atoms with Crippen LogP contribution in [-0.4, -0.2) is 0 Å². The average molecular weight is 200 g/mol. The van der Waals surface area contributed by atoms with E-state index in [1.165, 1.54) is 12.1 Å². The SMILES string of the molecule is C[C@@H]1C[C@@H]1c1cccc(C(F)(F)F)c1. The molecular weight excluding hydrogens is 189 g/mol. The van der Waals surface area contributed by atoms with E-state index in [1.807, 2.05) is 0 Å². The summed E-state index contributed by atoms with van der Waals surface area (Å²) in [5, 5.41) is 0. The predicted molar refractivity (Wildman–Crippen MR) is 48.0 cm³/mol. The van der Waals surface area contributed by atoms with Crippen molar-refractivity contribution < 1.29 is 13.2 Å². The highest BCUT2D eigenvalue weighted by Crippen LogP contribution is 2.47. The van der Waals surface area contributed by atoms with Crippen LogP contribution in [0.3, 0.4) is 0 Å². The van der Waals surface area contributed by atoms with Crippen molar-refractivity contribution in [1.29, 1.82) is 0 Å². The van der Waals surface area contributed by atoms with Crippen LogP contribution in [0.5, 0.6) is 0 Å². The first-order valence-electron chi connectivity index (χ1n) is 4.65. The zero-order valence-electron chi connectivity index (χ0n) is 7.81. The summed E-state index contributed by atoms with van der Waals surface area (Å²) in [6.45, 7) is 2.06. The fourth-order valence-corrected chi connectivity index (χ4v) is 1.73. The van der Waals surface area contributed by atoms with Crippen LogP contribution < -0.4 is 0 Å². The van der Waals surface area contributed by atoms with Gasteiger partial charge in [0.25, 0.3) is 0 Å². The molecule has 1 aliphatic carbocycles. The first-order chi connectivity index (χ1) is 6.48. The largest absolute Gasteiger partial charge is 0.416 e. The summed E-state index contributed by atoms with van der Waals surface area (Å²) in [6.07, 6.45) is -3.20. The lowest BCUT2D eigenvalue weighted by molar-refractivity contribution is -0.137. The van der Waals surface area contributed by atoms with E-state index < -0.39 is 11.7 Å². The molecule has 14 heavy (non-hydrogen) atoms. The molecule has 0 bridgehead atoms. The minimum atomic E-state index is -4.21. The van der Waals surface area contributed by atoms with E-state index in [9.17, 15) is 13.2 Å². The Labute approximate surface area is 80.7 Å². The Morgan fingerprint density at radius 3 is 2.43 bits per heavy atom. The first-order valence-corrected chi connectivity index (χ1v) is 4.65. The van der Waals surface area contributed by atoms with E-state index in [2.05, 4.69) is 6.92 Å². The minimum absolute atomic E-state index is 0.345. The summed E-state index contributed by atoms with van der Waals surface area (Å²) in [4.78, 5) is 0. The third-order valence-electron chi connectivity index (χ3n) is 2.75. The number of alkyl halides is 3. The lowest BCUT2D eigenvalue weighted by Gasteiger charge is -2.07. The summed E-state index contributed by atoms with van der Waals surface area (Å²) < 4.78 is 37.0. The highest BCUT2D eigenvalue weighted by molar-refractivity contribution is 5.31. The number of halogens is 3. The van der Waals surface area contributed by atoms with E-state index in [4.69, 9.17) is 0 Å². The molecule has 1 aromatic rings. The maximum absolute atomic E-state index is 12.3. The van der Waals surface area contributed by atoms with Crippen LogP contribution in [0.25, 0.3) is 0 Å². The molecule has 0 spiro atoms. The summed E-state index contributed by atoms with van der Waals surface area (Å²) in [6, 6.07) is 5.66. The van der Waals surface area contributed by atoms with Crippen LogP contribution in [0, 0.1) is 5.92 Å². The minimum Gasteiger partial charge on any atom is -0.166 e. The van der Waals surface area contributed by atoms with Crippen molar-refractivity contribution in [3.05, 3.63) is 35.4 Å². The number of hydrogen-bond donors (Lipinski definition) is 0. The van der Waals surface area contributed by atoms with Gasteiger partial charge in [0.1, 0.15) is 0 Å². The van der Waals surface area contributed by atoms with E-state index in [1.54, 1.807) is 6.07 Å². The summed E-state index contributed by atoms with van der Waals surface area (Å²) in [5.41, 5.74) is 0.293. The molecule has 1 aromatic carbocycles. The number of hydrogen-bond acceptors (Lipinski definition) is 0. The van der Waals surface area contributed by atoms with Crippen LogP contribution in [0.1, 0.15) is 30.4 Å². The molecule has 0 heterocycles. The molecule has 1 fully saturated rings. The second kappa shape index (κ2) is 3.01. The van der Waals surface area contributed by atoms with Crippen molar-refractivity contribution in [3.63, 3.8) is 0 Å². The van der Waals surface area contributed by atoms with E-state index in [0.717, 1.165) is 18.1 Å². The highest BCUT2D eigenvalue weighted by atomic mass is 19.4. The number of rotatable bonds is 1. The quantitative estimate of drug-likeness (QED) is 0.646. The third-order valence-corrected chi connectivity index (χ3v) is 2.75. The zero-order valence-corrected chi connectivity index (χ0v) is 7.81. The molecule has 0 radical (unpaired) electrons. The molecule has 3 heteroatoms. The first kappa shape index (κ1) is 9.56. The molecule has 0 aliphatic heterocycles. The fraction of sp³-hybridized carbons (Fsp3) is 0.455. The van der Waals surface area contributed by atoms with Gasteiger partial charge in [0.2, 0.25) is 0 Å². The Morgan fingerprint density at radius 1 is 1.29 bits per heavy atom. The lowest BCUT2D eigenvalue weighted by atomic mass is 10.1. The second-order valence-corrected chi connectivity index (χ2v) is 3.94. The smallest absolute Gasteiger partial charge is 0.166 e. The van der Waals surface area contributed by atoms with Crippen LogP contribution >= 0.6 is 0 Å². The monoisotopic (exact) mass is 200 g/mol. The zero-order chi connectivity index (χ0) is 10.3. The molecule has 2 atom stereocenters. The molecular formula is C11H11F3. The van der Waals surface area contributed by atoms with Gasteiger partial charge in [0.15, 0.2) is 0 Å². The third kappa shape index (κ3) is 1.76. The predicted octanol–water partition coefficient (Wildman–Crippen LogP) is 3.83. The lowest BCUT2D eigenvalue weighted by Crippen LogP contribution is -2.04. The van der Waals surface area contributed by atoms with Gasteiger partial charge in [-0.3, -0.25) is 0 Å². The molecule has 0 nitrogen and oxygen atoms in total. The molecule has 0 aromatic heterocycles. The van der Waals surface area contributed by atoms with Gasteiger partial charge in [-0.1, -0.05) is 25.1 Å². The Kier molecular flexibility index (Phi) is 2.05. The summed E-state index contributed by atoms with van der Waals surface area (Å²) in [5.74, 6) is 0.885. The van der Waals surface area contributed by atoms with Crippen LogP contribution in [0.4, 0.5) is 13.2 Å². The molecule has 76 valence electrons. The Balaban J connectivity index is 2.28. The standard InChI is InChI=1S/C11H11F3/c1-7-5-10(7)8-3-2-4-9(6-8)11(12,13)14/h2-4,6-7,10H,5H2,1H3/t7-,10+/m1/s1. The van der Waals surface area contributed by atoms with Gasteiger partial charge in [0.05, 0.1) is 5.56 Å². The van der Waals surface area contributed by atoms with Gasteiger partial charge in [-0.25, -0.2) is 0 Å². The maximum atomic E-state index is 12.3. The van der Waals surface area contributed by atoms with Gasteiger partial charge in [-0.2, -0.15) is 13.2 Å². The summed E-state index contributed by atoms with van der Waals surface area (Å²) >= 11 is 0. The van der Waals surface area contributed by atoms with Crippen molar-refractivity contribution in [1.82, 2.24) is 0 Å². The van der Waals surface area contributed by atoms with E-state index in [-0.39, 0.29) is 0 Å². The molecule has 0 unspecified atom stereocenters.